The predicted molar refractivity (Wildman–Crippen MR) is 79.2 cm³/mol. The van der Waals surface area contributed by atoms with Crippen LogP contribution in [-0.2, 0) is 4.79 Å². The summed E-state index contributed by atoms with van der Waals surface area (Å²) in [5.74, 6) is 0.0114. The van der Waals surface area contributed by atoms with Crippen molar-refractivity contribution in [2.24, 2.45) is 5.92 Å². The maximum Gasteiger partial charge on any atom is 0.222 e. The highest BCUT2D eigenvalue weighted by molar-refractivity contribution is 7.10. The lowest BCUT2D eigenvalue weighted by Crippen LogP contribution is -2.36. The number of hydrogen-bond donors (Lipinski definition) is 2. The molecule has 1 aromatic heterocycles. The summed E-state index contributed by atoms with van der Waals surface area (Å²) >= 11 is 1.69. The topological polar surface area (TPSA) is 52.6 Å². The van der Waals surface area contributed by atoms with Crippen LogP contribution in [0, 0.1) is 5.92 Å². The van der Waals surface area contributed by atoms with E-state index in [0.29, 0.717) is 6.54 Å². The van der Waals surface area contributed by atoms with Crippen molar-refractivity contribution in [3.63, 3.8) is 0 Å². The molecule has 5 heteroatoms. The van der Waals surface area contributed by atoms with Gasteiger partial charge in [0, 0.05) is 11.4 Å². The van der Waals surface area contributed by atoms with Gasteiger partial charge in [0.05, 0.1) is 18.6 Å². The number of amides is 1. The van der Waals surface area contributed by atoms with Crippen LogP contribution < -0.4 is 5.32 Å². The van der Waals surface area contributed by atoms with Gasteiger partial charge in [0.15, 0.2) is 0 Å². The molecule has 108 valence electrons. The Morgan fingerprint density at radius 1 is 1.47 bits per heavy atom. The van der Waals surface area contributed by atoms with Gasteiger partial charge in [0.25, 0.3) is 0 Å². The van der Waals surface area contributed by atoms with Crippen molar-refractivity contribution >= 4 is 17.2 Å². The number of thiophene rings is 1. The molecule has 0 saturated heterocycles. The Kier molecular flexibility index (Phi) is 6.48. The molecule has 1 aromatic rings. The first-order valence-electron chi connectivity index (χ1n) is 6.56. The third-order valence-electron chi connectivity index (χ3n) is 3.15. The minimum Gasteiger partial charge on any atom is -0.392 e. The smallest absolute Gasteiger partial charge is 0.222 e. The van der Waals surface area contributed by atoms with Gasteiger partial charge in [-0.2, -0.15) is 0 Å². The van der Waals surface area contributed by atoms with Crippen molar-refractivity contribution in [3.05, 3.63) is 22.4 Å². The second kappa shape index (κ2) is 7.62. The first kappa shape index (κ1) is 16.1. The first-order valence-corrected chi connectivity index (χ1v) is 7.44. The fourth-order valence-electron chi connectivity index (χ4n) is 1.73. The van der Waals surface area contributed by atoms with E-state index < -0.39 is 6.10 Å². The van der Waals surface area contributed by atoms with Crippen molar-refractivity contribution in [1.29, 1.82) is 0 Å². The number of carbonyl (C=O) groups is 1. The molecule has 1 rings (SSSR count). The standard InChI is InChI=1S/C14H24N2O2S/c1-10(2)12(17)8-14(18)15-9-11(16(3)4)13-6-5-7-19-13/h5-7,10-12,17H,8-9H2,1-4H3,(H,15,18). The van der Waals surface area contributed by atoms with Crippen LogP contribution in [-0.4, -0.2) is 42.7 Å². The Bertz CT molecular complexity index is 377. The van der Waals surface area contributed by atoms with Gasteiger partial charge in [-0.1, -0.05) is 19.9 Å². The molecule has 2 unspecified atom stereocenters. The van der Waals surface area contributed by atoms with E-state index in [-0.39, 0.29) is 24.3 Å². The van der Waals surface area contributed by atoms with Crippen LogP contribution in [0.3, 0.4) is 0 Å². The largest absolute Gasteiger partial charge is 0.392 e. The van der Waals surface area contributed by atoms with Gasteiger partial charge in [0.1, 0.15) is 0 Å². The van der Waals surface area contributed by atoms with Crippen molar-refractivity contribution in [2.75, 3.05) is 20.6 Å². The number of hydrogen-bond acceptors (Lipinski definition) is 4. The predicted octanol–water partition coefficient (Wildman–Crippen LogP) is 1.87. The maximum atomic E-state index is 11.8. The summed E-state index contributed by atoms with van der Waals surface area (Å²) in [6.45, 7) is 4.38. The lowest BCUT2D eigenvalue weighted by molar-refractivity contribution is -0.123. The lowest BCUT2D eigenvalue weighted by atomic mass is 10.0. The van der Waals surface area contributed by atoms with E-state index in [1.54, 1.807) is 11.3 Å². The summed E-state index contributed by atoms with van der Waals surface area (Å²) in [4.78, 5) is 15.1. The van der Waals surface area contributed by atoms with E-state index in [1.807, 2.05) is 39.4 Å². The van der Waals surface area contributed by atoms with E-state index in [4.69, 9.17) is 0 Å². The van der Waals surface area contributed by atoms with Gasteiger partial charge in [-0.25, -0.2) is 0 Å². The molecular formula is C14H24N2O2S. The minimum atomic E-state index is -0.570. The summed E-state index contributed by atoms with van der Waals surface area (Å²) in [6, 6.07) is 4.27. The van der Waals surface area contributed by atoms with Gasteiger partial charge >= 0.3 is 0 Å². The summed E-state index contributed by atoms with van der Waals surface area (Å²) in [7, 11) is 4.00. The van der Waals surface area contributed by atoms with Crippen LogP contribution in [0.15, 0.2) is 17.5 Å². The molecule has 19 heavy (non-hydrogen) atoms. The van der Waals surface area contributed by atoms with Gasteiger partial charge in [-0.05, 0) is 31.5 Å². The SMILES string of the molecule is CC(C)C(O)CC(=O)NCC(c1cccs1)N(C)C. The van der Waals surface area contributed by atoms with Crippen LogP contribution in [0.1, 0.15) is 31.2 Å². The van der Waals surface area contributed by atoms with Gasteiger partial charge in [-0.3, -0.25) is 4.79 Å². The third-order valence-corrected chi connectivity index (χ3v) is 4.13. The fourth-order valence-corrected chi connectivity index (χ4v) is 2.65. The van der Waals surface area contributed by atoms with Crippen molar-refractivity contribution in [1.82, 2.24) is 10.2 Å². The average molecular weight is 284 g/mol. The molecular weight excluding hydrogens is 260 g/mol. The molecule has 1 amide bonds. The van der Waals surface area contributed by atoms with Crippen LogP contribution >= 0.6 is 11.3 Å². The zero-order valence-corrected chi connectivity index (χ0v) is 12.9. The molecule has 2 atom stereocenters. The van der Waals surface area contributed by atoms with Crippen LogP contribution in [0.2, 0.25) is 0 Å². The molecule has 0 aliphatic carbocycles. The molecule has 0 bridgehead atoms. The molecule has 0 aliphatic rings. The van der Waals surface area contributed by atoms with Crippen molar-refractivity contribution in [2.45, 2.75) is 32.4 Å². The van der Waals surface area contributed by atoms with E-state index in [1.165, 1.54) is 4.88 Å². The van der Waals surface area contributed by atoms with Gasteiger partial charge < -0.3 is 15.3 Å². The summed E-state index contributed by atoms with van der Waals surface area (Å²) in [5.41, 5.74) is 0. The number of rotatable bonds is 7. The lowest BCUT2D eigenvalue weighted by Gasteiger charge is -2.24. The third kappa shape index (κ3) is 5.30. The number of nitrogens with zero attached hydrogens (tertiary/aromatic N) is 1. The Morgan fingerprint density at radius 2 is 2.16 bits per heavy atom. The van der Waals surface area contributed by atoms with Crippen molar-refractivity contribution < 1.29 is 9.90 Å². The van der Waals surface area contributed by atoms with Crippen molar-refractivity contribution in [3.8, 4) is 0 Å². The zero-order valence-electron chi connectivity index (χ0n) is 12.1. The van der Waals surface area contributed by atoms with E-state index in [2.05, 4.69) is 16.3 Å². The molecule has 0 radical (unpaired) electrons. The van der Waals surface area contributed by atoms with Crippen LogP contribution in [0.25, 0.3) is 0 Å². The highest BCUT2D eigenvalue weighted by Gasteiger charge is 2.18. The molecule has 0 saturated carbocycles. The molecule has 4 nitrogen and oxygen atoms in total. The molecule has 0 spiro atoms. The number of nitrogens with one attached hydrogen (secondary N) is 1. The van der Waals surface area contributed by atoms with Crippen LogP contribution in [0.5, 0.6) is 0 Å². The van der Waals surface area contributed by atoms with Crippen LogP contribution in [0.4, 0.5) is 0 Å². The summed E-state index contributed by atoms with van der Waals surface area (Å²) in [5, 5.41) is 14.6. The summed E-state index contributed by atoms with van der Waals surface area (Å²) < 4.78 is 0. The number of aliphatic hydroxyl groups excluding tert-OH is 1. The average Bonchev–Trinajstić information content (AvgIpc) is 2.82. The number of likely N-dealkylation sites (N-methyl/N-ethyl adjacent to an activating group) is 1. The fraction of sp³-hybridized carbons (Fsp3) is 0.643. The Morgan fingerprint density at radius 3 is 2.63 bits per heavy atom. The maximum absolute atomic E-state index is 11.8. The minimum absolute atomic E-state index is 0.0930. The van der Waals surface area contributed by atoms with Gasteiger partial charge in [0.2, 0.25) is 5.91 Å². The normalized spacial score (nSPS) is 14.7. The molecule has 0 aliphatic heterocycles. The van der Waals surface area contributed by atoms with E-state index in [0.717, 1.165) is 0 Å². The van der Waals surface area contributed by atoms with E-state index in [9.17, 15) is 9.90 Å². The Hall–Kier alpha value is -0.910. The Labute approximate surface area is 119 Å². The molecule has 1 heterocycles. The number of aliphatic hydroxyl groups is 1. The van der Waals surface area contributed by atoms with E-state index >= 15 is 0 Å². The Balaban J connectivity index is 2.47. The molecule has 0 aromatic carbocycles. The van der Waals surface area contributed by atoms with Gasteiger partial charge in [-0.15, -0.1) is 11.3 Å². The number of carbonyl (C=O) groups excluding carboxylic acids is 1. The highest BCUT2D eigenvalue weighted by Crippen LogP contribution is 2.22. The first-order chi connectivity index (χ1) is 8.91. The highest BCUT2D eigenvalue weighted by atomic mass is 32.1. The molecule has 2 N–H and O–H groups in total. The second-order valence-corrected chi connectivity index (χ2v) is 6.29. The second-order valence-electron chi connectivity index (χ2n) is 5.31. The monoisotopic (exact) mass is 284 g/mol. The summed E-state index contributed by atoms with van der Waals surface area (Å²) in [6.07, 6.45) is -0.401. The zero-order chi connectivity index (χ0) is 14.4. The molecule has 0 fully saturated rings. The quantitative estimate of drug-likeness (QED) is 0.804.